The lowest BCUT2D eigenvalue weighted by Gasteiger charge is -2.36. The third-order valence-electron chi connectivity index (χ3n) is 5.70. The molecule has 0 radical (unpaired) electrons. The van der Waals surface area contributed by atoms with Crippen molar-refractivity contribution in [2.24, 2.45) is 11.8 Å². The molecular weight excluding hydrogens is 292 g/mol. The van der Waals surface area contributed by atoms with Crippen LogP contribution in [0.4, 0.5) is 0 Å². The fraction of sp³-hybridized carbons (Fsp3) is 0.778. The molecule has 1 aromatic rings. The molecule has 22 heavy (non-hydrogen) atoms. The van der Waals surface area contributed by atoms with Gasteiger partial charge in [0, 0.05) is 35.3 Å². The zero-order valence-electron chi connectivity index (χ0n) is 13.7. The molecule has 0 unspecified atom stereocenters. The van der Waals surface area contributed by atoms with Crippen molar-refractivity contribution in [3.05, 3.63) is 21.9 Å². The van der Waals surface area contributed by atoms with Crippen molar-refractivity contribution in [2.75, 3.05) is 39.3 Å². The van der Waals surface area contributed by atoms with Crippen molar-refractivity contribution in [1.29, 1.82) is 0 Å². The number of ether oxygens (including phenoxy) is 1. The summed E-state index contributed by atoms with van der Waals surface area (Å²) in [6, 6.07) is 4.56. The van der Waals surface area contributed by atoms with E-state index in [4.69, 9.17) is 4.74 Å². The SMILES string of the molecule is Cc1ccc(CN2CC[C@H]3CO[C@H](CN4CCCC4)[C@H]3C2)s1. The van der Waals surface area contributed by atoms with E-state index in [1.54, 1.807) is 0 Å². The number of likely N-dealkylation sites (tertiary alicyclic amines) is 2. The maximum Gasteiger partial charge on any atom is 0.0745 e. The van der Waals surface area contributed by atoms with Crippen LogP contribution in [0.3, 0.4) is 0 Å². The van der Waals surface area contributed by atoms with Gasteiger partial charge in [0.25, 0.3) is 0 Å². The van der Waals surface area contributed by atoms with Gasteiger partial charge >= 0.3 is 0 Å². The van der Waals surface area contributed by atoms with Gasteiger partial charge in [0.15, 0.2) is 0 Å². The fourth-order valence-electron chi connectivity index (χ4n) is 4.44. The minimum absolute atomic E-state index is 0.482. The molecule has 4 heteroatoms. The van der Waals surface area contributed by atoms with Gasteiger partial charge in [-0.05, 0) is 63.9 Å². The molecule has 4 heterocycles. The van der Waals surface area contributed by atoms with Gasteiger partial charge in [0.2, 0.25) is 0 Å². The number of piperidine rings is 1. The number of thiophene rings is 1. The largest absolute Gasteiger partial charge is 0.376 e. The van der Waals surface area contributed by atoms with Gasteiger partial charge in [0.05, 0.1) is 12.7 Å². The molecule has 4 rings (SSSR count). The van der Waals surface area contributed by atoms with Crippen molar-refractivity contribution in [1.82, 2.24) is 9.80 Å². The van der Waals surface area contributed by atoms with Crippen LogP contribution < -0.4 is 0 Å². The summed E-state index contributed by atoms with van der Waals surface area (Å²) in [4.78, 5) is 8.24. The quantitative estimate of drug-likeness (QED) is 0.848. The second-order valence-electron chi connectivity index (χ2n) is 7.34. The van der Waals surface area contributed by atoms with E-state index in [0.717, 1.165) is 25.0 Å². The van der Waals surface area contributed by atoms with E-state index in [1.807, 2.05) is 11.3 Å². The molecule has 3 nitrogen and oxygen atoms in total. The third-order valence-corrected chi connectivity index (χ3v) is 6.69. The van der Waals surface area contributed by atoms with Crippen LogP contribution >= 0.6 is 11.3 Å². The minimum Gasteiger partial charge on any atom is -0.376 e. The Bertz CT molecular complexity index is 497. The van der Waals surface area contributed by atoms with Crippen LogP contribution in [0.2, 0.25) is 0 Å². The Hall–Kier alpha value is -0.420. The van der Waals surface area contributed by atoms with Gasteiger partial charge < -0.3 is 9.64 Å². The maximum absolute atomic E-state index is 6.20. The molecule has 0 spiro atoms. The lowest BCUT2D eigenvalue weighted by atomic mass is 9.84. The lowest BCUT2D eigenvalue weighted by Crippen LogP contribution is -2.44. The van der Waals surface area contributed by atoms with E-state index >= 15 is 0 Å². The number of rotatable bonds is 4. The topological polar surface area (TPSA) is 15.7 Å². The van der Waals surface area contributed by atoms with Gasteiger partial charge in [-0.15, -0.1) is 11.3 Å². The van der Waals surface area contributed by atoms with Crippen molar-refractivity contribution < 1.29 is 4.74 Å². The first-order valence-electron chi connectivity index (χ1n) is 8.89. The standard InChI is InChI=1S/C18H28N2OS/c1-14-4-5-16(22-14)10-20-9-6-15-13-21-18(17(15)11-20)12-19-7-2-3-8-19/h4-5,15,17-18H,2-3,6-13H2,1H3/t15-,17-,18+/m0/s1. The fourth-order valence-corrected chi connectivity index (χ4v) is 5.37. The predicted octanol–water partition coefficient (Wildman–Crippen LogP) is 2.99. The number of aryl methyl sites for hydroxylation is 1. The van der Waals surface area contributed by atoms with E-state index in [-0.39, 0.29) is 0 Å². The van der Waals surface area contributed by atoms with E-state index in [2.05, 4.69) is 28.9 Å². The van der Waals surface area contributed by atoms with Crippen LogP contribution in [-0.2, 0) is 11.3 Å². The van der Waals surface area contributed by atoms with Crippen LogP contribution in [-0.4, -0.2) is 55.2 Å². The highest BCUT2D eigenvalue weighted by molar-refractivity contribution is 7.11. The number of fused-ring (bicyclic) bond motifs is 1. The number of hydrogen-bond acceptors (Lipinski definition) is 4. The lowest BCUT2D eigenvalue weighted by molar-refractivity contribution is 0.0486. The van der Waals surface area contributed by atoms with Crippen molar-refractivity contribution in [2.45, 2.75) is 38.8 Å². The highest BCUT2D eigenvalue weighted by Crippen LogP contribution is 2.35. The summed E-state index contributed by atoms with van der Waals surface area (Å²) in [5, 5.41) is 0. The second-order valence-corrected chi connectivity index (χ2v) is 8.71. The second kappa shape index (κ2) is 6.60. The molecule has 0 amide bonds. The summed E-state index contributed by atoms with van der Waals surface area (Å²) >= 11 is 1.95. The summed E-state index contributed by atoms with van der Waals surface area (Å²) in [6.07, 6.45) is 4.57. The molecule has 3 saturated heterocycles. The summed E-state index contributed by atoms with van der Waals surface area (Å²) in [5.74, 6) is 1.57. The van der Waals surface area contributed by atoms with Crippen molar-refractivity contribution in [3.8, 4) is 0 Å². The molecular formula is C18H28N2OS. The monoisotopic (exact) mass is 320 g/mol. The maximum atomic E-state index is 6.20. The van der Waals surface area contributed by atoms with Crippen LogP contribution in [0, 0.1) is 18.8 Å². The Morgan fingerprint density at radius 2 is 2.05 bits per heavy atom. The van der Waals surface area contributed by atoms with Crippen LogP contribution in [0.25, 0.3) is 0 Å². The van der Waals surface area contributed by atoms with E-state index in [1.165, 1.54) is 61.7 Å². The Labute approximate surface area is 138 Å². The summed E-state index contributed by atoms with van der Waals surface area (Å²) < 4.78 is 6.20. The van der Waals surface area contributed by atoms with Crippen LogP contribution in [0.5, 0.6) is 0 Å². The van der Waals surface area contributed by atoms with Crippen LogP contribution in [0.15, 0.2) is 12.1 Å². The molecule has 3 aliphatic heterocycles. The highest BCUT2D eigenvalue weighted by atomic mass is 32.1. The molecule has 3 fully saturated rings. The van der Waals surface area contributed by atoms with Gasteiger partial charge in [-0.25, -0.2) is 0 Å². The van der Waals surface area contributed by atoms with Crippen LogP contribution in [0.1, 0.15) is 29.0 Å². The summed E-state index contributed by atoms with van der Waals surface area (Å²) in [7, 11) is 0. The van der Waals surface area contributed by atoms with E-state index in [9.17, 15) is 0 Å². The highest BCUT2D eigenvalue weighted by Gasteiger charge is 2.41. The number of nitrogens with zero attached hydrogens (tertiary/aromatic N) is 2. The van der Waals surface area contributed by atoms with E-state index < -0.39 is 0 Å². The third kappa shape index (κ3) is 3.25. The molecule has 3 aliphatic rings. The molecule has 3 atom stereocenters. The first-order chi connectivity index (χ1) is 10.8. The van der Waals surface area contributed by atoms with Gasteiger partial charge in [-0.3, -0.25) is 4.90 Å². The summed E-state index contributed by atoms with van der Waals surface area (Å²) in [6.45, 7) is 10.6. The molecule has 0 saturated carbocycles. The Kier molecular flexibility index (Phi) is 4.54. The molecule has 0 N–H and O–H groups in total. The molecule has 122 valence electrons. The Balaban J connectivity index is 1.36. The van der Waals surface area contributed by atoms with E-state index in [0.29, 0.717) is 6.10 Å². The smallest absolute Gasteiger partial charge is 0.0745 e. The molecule has 0 aromatic carbocycles. The van der Waals surface area contributed by atoms with Gasteiger partial charge in [0.1, 0.15) is 0 Å². The average Bonchev–Trinajstić information content (AvgIpc) is 3.23. The van der Waals surface area contributed by atoms with Gasteiger partial charge in [-0.2, -0.15) is 0 Å². The zero-order valence-corrected chi connectivity index (χ0v) is 14.5. The minimum atomic E-state index is 0.482. The van der Waals surface area contributed by atoms with Crippen molar-refractivity contribution in [3.63, 3.8) is 0 Å². The Morgan fingerprint density at radius 3 is 2.82 bits per heavy atom. The van der Waals surface area contributed by atoms with Gasteiger partial charge in [-0.1, -0.05) is 0 Å². The normalized spacial score (nSPS) is 33.4. The molecule has 0 aliphatic carbocycles. The van der Waals surface area contributed by atoms with Crippen molar-refractivity contribution >= 4 is 11.3 Å². The summed E-state index contributed by atoms with van der Waals surface area (Å²) in [5.41, 5.74) is 0. The first kappa shape index (κ1) is 15.1. The zero-order chi connectivity index (χ0) is 14.9. The molecule has 1 aromatic heterocycles. The Morgan fingerprint density at radius 1 is 1.18 bits per heavy atom. The first-order valence-corrected chi connectivity index (χ1v) is 9.71. The number of hydrogen-bond donors (Lipinski definition) is 0. The predicted molar refractivity (Wildman–Crippen MR) is 91.3 cm³/mol. The molecule has 0 bridgehead atoms. The average molecular weight is 321 g/mol.